The van der Waals surface area contributed by atoms with Crippen molar-refractivity contribution in [3.05, 3.63) is 76.6 Å². The maximum Gasteiger partial charge on any atom is 0.257 e. The van der Waals surface area contributed by atoms with E-state index in [9.17, 15) is 4.79 Å². The van der Waals surface area contributed by atoms with Crippen LogP contribution in [-0.4, -0.2) is 59.8 Å². The molecule has 8 heteroatoms. The number of ether oxygens (including phenoxy) is 2. The lowest BCUT2D eigenvalue weighted by Gasteiger charge is -2.36. The van der Waals surface area contributed by atoms with Crippen molar-refractivity contribution >= 4 is 29.0 Å². The molecule has 0 saturated carbocycles. The number of fused-ring (bicyclic) bond motifs is 2. The van der Waals surface area contributed by atoms with E-state index in [4.69, 9.17) is 26.1 Å². The Morgan fingerprint density at radius 2 is 1.88 bits per heavy atom. The molecule has 168 valence electrons. The van der Waals surface area contributed by atoms with E-state index in [0.29, 0.717) is 31.7 Å². The zero-order valence-electron chi connectivity index (χ0n) is 18.4. The van der Waals surface area contributed by atoms with Crippen molar-refractivity contribution in [3.8, 4) is 17.2 Å². The van der Waals surface area contributed by atoms with Crippen molar-refractivity contribution in [2.45, 2.75) is 6.92 Å². The number of rotatable bonds is 2. The molecule has 0 aliphatic carbocycles. The summed E-state index contributed by atoms with van der Waals surface area (Å²) in [7, 11) is 1.64. The van der Waals surface area contributed by atoms with E-state index in [-0.39, 0.29) is 11.1 Å². The first-order chi connectivity index (χ1) is 16.0. The number of benzene rings is 2. The fourth-order valence-electron chi connectivity index (χ4n) is 4.07. The topological polar surface area (TPSA) is 67.3 Å². The molecule has 0 spiro atoms. The highest BCUT2D eigenvalue weighted by molar-refractivity contribution is 6.32. The molecule has 1 aromatic heterocycles. The number of aromatic nitrogens is 1. The molecule has 5 rings (SSSR count). The minimum Gasteiger partial charge on any atom is -0.497 e. The molecule has 2 aliphatic heterocycles. The monoisotopic (exact) mass is 462 g/mol. The average Bonchev–Trinajstić information content (AvgIpc) is 3.00. The smallest absolute Gasteiger partial charge is 0.257 e. The minimum absolute atomic E-state index is 0.109. The number of nitrogens with zero attached hydrogens (tertiary/aromatic N) is 4. The second-order valence-corrected chi connectivity index (χ2v) is 8.35. The molecule has 0 N–H and O–H groups in total. The number of carbonyl (C=O) groups is 1. The van der Waals surface area contributed by atoms with Crippen molar-refractivity contribution in [1.82, 2.24) is 14.8 Å². The van der Waals surface area contributed by atoms with Gasteiger partial charge in [-0.3, -0.25) is 4.79 Å². The molecule has 33 heavy (non-hydrogen) atoms. The third-order valence-electron chi connectivity index (χ3n) is 5.85. The third kappa shape index (κ3) is 4.12. The van der Waals surface area contributed by atoms with Gasteiger partial charge in [-0.05, 0) is 55.0 Å². The Labute approximate surface area is 197 Å². The van der Waals surface area contributed by atoms with Gasteiger partial charge in [-0.25, -0.2) is 9.98 Å². The van der Waals surface area contributed by atoms with Gasteiger partial charge in [-0.15, -0.1) is 0 Å². The Bertz CT molecular complexity index is 1250. The molecule has 1 fully saturated rings. The summed E-state index contributed by atoms with van der Waals surface area (Å²) in [4.78, 5) is 26.0. The van der Waals surface area contributed by atoms with E-state index in [1.807, 2.05) is 43.3 Å². The number of carbonyl (C=O) groups excluding carboxylic acids is 1. The van der Waals surface area contributed by atoms with Gasteiger partial charge in [0, 0.05) is 32.4 Å². The molecule has 0 atom stereocenters. The summed E-state index contributed by atoms with van der Waals surface area (Å²) in [5, 5.41) is 0.225. The Morgan fingerprint density at radius 1 is 1.06 bits per heavy atom. The fourth-order valence-corrected chi connectivity index (χ4v) is 4.27. The van der Waals surface area contributed by atoms with Crippen LogP contribution in [0.5, 0.6) is 17.2 Å². The number of amides is 1. The maximum atomic E-state index is 13.0. The van der Waals surface area contributed by atoms with Crippen LogP contribution < -0.4 is 9.47 Å². The summed E-state index contributed by atoms with van der Waals surface area (Å²) in [6.07, 6.45) is 1.58. The van der Waals surface area contributed by atoms with Gasteiger partial charge in [0.15, 0.2) is 5.75 Å². The molecule has 0 unspecified atom stereocenters. The Balaban J connectivity index is 1.45. The van der Waals surface area contributed by atoms with Crippen LogP contribution in [0.1, 0.15) is 21.5 Å². The predicted molar refractivity (Wildman–Crippen MR) is 127 cm³/mol. The third-order valence-corrected chi connectivity index (χ3v) is 6.15. The standard InChI is InChI=1S/C25H23ClN4O3/c1-16-5-7-20-22(14-16)33-21-8-6-17(32-2)15-19(21)24(28-20)29-10-12-30(13-11-29)25(31)18-4-3-9-27-23(18)26/h3-9,14-15H,10-13H2,1-2H3. The molecule has 0 bridgehead atoms. The van der Waals surface area contributed by atoms with Crippen LogP contribution in [0.25, 0.3) is 0 Å². The lowest BCUT2D eigenvalue weighted by molar-refractivity contribution is 0.0692. The van der Waals surface area contributed by atoms with Crippen LogP contribution >= 0.6 is 11.6 Å². The largest absolute Gasteiger partial charge is 0.497 e. The number of piperazine rings is 1. The number of aryl methyl sites for hydroxylation is 1. The normalized spacial score (nSPS) is 15.1. The van der Waals surface area contributed by atoms with Crippen molar-refractivity contribution in [2.24, 2.45) is 4.99 Å². The second kappa shape index (κ2) is 8.75. The zero-order valence-corrected chi connectivity index (χ0v) is 19.2. The van der Waals surface area contributed by atoms with Crippen LogP contribution in [-0.2, 0) is 0 Å². The van der Waals surface area contributed by atoms with E-state index in [0.717, 1.165) is 39.9 Å². The van der Waals surface area contributed by atoms with E-state index in [2.05, 4.69) is 9.88 Å². The van der Waals surface area contributed by atoms with Crippen LogP contribution in [0.15, 0.2) is 59.7 Å². The van der Waals surface area contributed by atoms with Gasteiger partial charge < -0.3 is 19.3 Å². The highest BCUT2D eigenvalue weighted by Gasteiger charge is 2.29. The number of hydrogen-bond donors (Lipinski definition) is 0. The van der Waals surface area contributed by atoms with E-state index in [1.165, 1.54) is 0 Å². The van der Waals surface area contributed by atoms with Crippen LogP contribution in [0, 0.1) is 6.92 Å². The van der Waals surface area contributed by atoms with Crippen molar-refractivity contribution in [1.29, 1.82) is 0 Å². The maximum absolute atomic E-state index is 13.0. The Morgan fingerprint density at radius 3 is 2.64 bits per heavy atom. The molecule has 2 aliphatic rings. The molecule has 3 heterocycles. The van der Waals surface area contributed by atoms with Gasteiger partial charge in [0.05, 0.1) is 18.2 Å². The summed E-state index contributed by atoms with van der Waals surface area (Å²) >= 11 is 6.14. The zero-order chi connectivity index (χ0) is 22.9. The second-order valence-electron chi connectivity index (χ2n) is 7.99. The van der Waals surface area contributed by atoms with Crippen LogP contribution in [0.3, 0.4) is 0 Å². The molecule has 1 saturated heterocycles. The quantitative estimate of drug-likeness (QED) is 0.517. The van der Waals surface area contributed by atoms with Crippen LogP contribution in [0.4, 0.5) is 5.69 Å². The lowest BCUT2D eigenvalue weighted by atomic mass is 10.1. The summed E-state index contributed by atoms with van der Waals surface area (Å²) in [5.41, 5.74) is 3.15. The summed E-state index contributed by atoms with van der Waals surface area (Å²) in [6, 6.07) is 15.1. The molecule has 1 amide bonds. The molecule has 0 radical (unpaired) electrons. The Kier molecular flexibility index (Phi) is 5.64. The van der Waals surface area contributed by atoms with Crippen molar-refractivity contribution < 1.29 is 14.3 Å². The van der Waals surface area contributed by atoms with Gasteiger partial charge in [0.1, 0.15) is 28.2 Å². The van der Waals surface area contributed by atoms with Gasteiger partial charge >= 0.3 is 0 Å². The van der Waals surface area contributed by atoms with Gasteiger partial charge in [-0.1, -0.05) is 17.7 Å². The Hall–Kier alpha value is -3.58. The predicted octanol–water partition coefficient (Wildman–Crippen LogP) is 4.69. The summed E-state index contributed by atoms with van der Waals surface area (Å²) in [5.74, 6) is 2.86. The highest BCUT2D eigenvalue weighted by atomic mass is 35.5. The SMILES string of the molecule is COc1ccc2c(c1)C(N1CCN(C(=O)c3cccnc3Cl)CC1)=Nc1ccc(C)cc1O2. The molecular weight excluding hydrogens is 440 g/mol. The van der Waals surface area contributed by atoms with Gasteiger partial charge in [0.25, 0.3) is 5.91 Å². The minimum atomic E-state index is -0.109. The van der Waals surface area contributed by atoms with Crippen molar-refractivity contribution in [3.63, 3.8) is 0 Å². The number of pyridine rings is 1. The molecule has 3 aromatic rings. The first-order valence-corrected chi connectivity index (χ1v) is 11.1. The molecule has 7 nitrogen and oxygen atoms in total. The average molecular weight is 463 g/mol. The first kappa shape index (κ1) is 21.3. The number of halogens is 1. The lowest BCUT2D eigenvalue weighted by Crippen LogP contribution is -2.50. The summed E-state index contributed by atoms with van der Waals surface area (Å²) in [6.45, 7) is 4.37. The molecular formula is C25H23ClN4O3. The van der Waals surface area contributed by atoms with Crippen LogP contribution in [0.2, 0.25) is 5.15 Å². The van der Waals surface area contributed by atoms with E-state index in [1.54, 1.807) is 30.3 Å². The van der Waals surface area contributed by atoms with Crippen molar-refractivity contribution in [2.75, 3.05) is 33.3 Å². The molecule has 2 aromatic carbocycles. The highest BCUT2D eigenvalue weighted by Crippen LogP contribution is 2.40. The van der Waals surface area contributed by atoms with Gasteiger partial charge in [0.2, 0.25) is 0 Å². The number of methoxy groups -OCH3 is 1. The number of aliphatic imine (C=N–C) groups is 1. The van der Waals surface area contributed by atoms with Gasteiger partial charge in [-0.2, -0.15) is 0 Å². The first-order valence-electron chi connectivity index (χ1n) is 10.7. The van der Waals surface area contributed by atoms with E-state index >= 15 is 0 Å². The number of hydrogen-bond acceptors (Lipinski definition) is 6. The van der Waals surface area contributed by atoms with E-state index < -0.39 is 0 Å². The number of amidine groups is 1. The summed E-state index contributed by atoms with van der Waals surface area (Å²) < 4.78 is 11.7. The fraction of sp³-hybridized carbons (Fsp3) is 0.240.